The molecule has 2 rings (SSSR count). The highest BCUT2D eigenvalue weighted by molar-refractivity contribution is 7.89. The summed E-state index contributed by atoms with van der Waals surface area (Å²) in [6.07, 6.45) is 4.10. The van der Waals surface area contributed by atoms with Gasteiger partial charge in [-0.1, -0.05) is 0 Å². The van der Waals surface area contributed by atoms with E-state index in [9.17, 15) is 8.42 Å². The molecule has 3 N–H and O–H groups in total. The maximum atomic E-state index is 11.9. The molecule has 0 aromatic carbocycles. The number of hydrogen-bond donors (Lipinski definition) is 2. The summed E-state index contributed by atoms with van der Waals surface area (Å²) in [6, 6.07) is 4.45. The minimum atomic E-state index is -3.60. The lowest BCUT2D eigenvalue weighted by Gasteiger charge is -2.05. The van der Waals surface area contributed by atoms with Crippen molar-refractivity contribution in [1.29, 1.82) is 0 Å². The maximum absolute atomic E-state index is 11.9. The smallest absolute Gasteiger partial charge is 0.242 e. The van der Waals surface area contributed by atoms with Gasteiger partial charge in [-0.05, 0) is 18.2 Å². The molecular weight excluding hydrogens is 254 g/mol. The van der Waals surface area contributed by atoms with E-state index in [1.54, 1.807) is 12.3 Å². The highest BCUT2D eigenvalue weighted by atomic mass is 32.2. The average molecular weight is 265 g/mol. The first-order valence-electron chi connectivity index (χ1n) is 5.04. The summed E-state index contributed by atoms with van der Waals surface area (Å²) >= 11 is 0. The van der Waals surface area contributed by atoms with Gasteiger partial charge in [-0.15, -0.1) is 0 Å². The fourth-order valence-electron chi connectivity index (χ4n) is 1.23. The molecule has 2 aromatic heterocycles. The number of nitrogens with two attached hydrogens (primary N) is 1. The Balaban J connectivity index is 2.11. The maximum Gasteiger partial charge on any atom is 0.242 e. The van der Waals surface area contributed by atoms with Gasteiger partial charge in [-0.2, -0.15) is 0 Å². The fourth-order valence-corrected chi connectivity index (χ4v) is 2.17. The highest BCUT2D eigenvalue weighted by Gasteiger charge is 2.13. The molecule has 7 nitrogen and oxygen atoms in total. The first-order chi connectivity index (χ1) is 8.58. The number of nitrogen functional groups attached to an aromatic ring is 1. The molecule has 0 saturated heterocycles. The van der Waals surface area contributed by atoms with Crippen LogP contribution in [0.15, 0.2) is 41.8 Å². The molecule has 8 heteroatoms. The van der Waals surface area contributed by atoms with E-state index in [4.69, 9.17) is 5.73 Å². The van der Waals surface area contributed by atoms with Crippen LogP contribution in [0.5, 0.6) is 0 Å². The quantitative estimate of drug-likeness (QED) is 0.800. The van der Waals surface area contributed by atoms with E-state index in [-0.39, 0.29) is 17.3 Å². The summed E-state index contributed by atoms with van der Waals surface area (Å²) < 4.78 is 26.2. The number of nitrogens with one attached hydrogen (secondary N) is 1. The van der Waals surface area contributed by atoms with Crippen LogP contribution in [0.1, 0.15) is 5.69 Å². The van der Waals surface area contributed by atoms with Gasteiger partial charge < -0.3 is 5.73 Å². The van der Waals surface area contributed by atoms with E-state index in [0.717, 1.165) is 0 Å². The second kappa shape index (κ2) is 5.07. The van der Waals surface area contributed by atoms with Crippen LogP contribution in [0.25, 0.3) is 0 Å². The molecule has 0 unspecified atom stereocenters. The SMILES string of the molecule is Nc1ccc(S(=O)(=O)NCc2ccncn2)cn1. The monoisotopic (exact) mass is 265 g/mol. The molecule has 0 fully saturated rings. The molecule has 0 aliphatic rings. The van der Waals surface area contributed by atoms with Crippen molar-refractivity contribution in [2.45, 2.75) is 11.4 Å². The Morgan fingerprint density at radius 1 is 1.22 bits per heavy atom. The summed E-state index contributed by atoms with van der Waals surface area (Å²) in [7, 11) is -3.60. The van der Waals surface area contributed by atoms with Gasteiger partial charge >= 0.3 is 0 Å². The third-order valence-electron chi connectivity index (χ3n) is 2.16. The lowest BCUT2D eigenvalue weighted by atomic mass is 10.4. The van der Waals surface area contributed by atoms with Crippen molar-refractivity contribution in [3.05, 3.63) is 42.6 Å². The predicted octanol–water partition coefficient (Wildman–Crippen LogP) is -0.0677. The van der Waals surface area contributed by atoms with Crippen molar-refractivity contribution in [2.75, 3.05) is 5.73 Å². The number of anilines is 1. The Hall–Kier alpha value is -2.06. The number of sulfonamides is 1. The number of nitrogens with zero attached hydrogens (tertiary/aromatic N) is 3. The van der Waals surface area contributed by atoms with Crippen molar-refractivity contribution in [1.82, 2.24) is 19.7 Å². The van der Waals surface area contributed by atoms with Gasteiger partial charge in [0.25, 0.3) is 0 Å². The Labute approximate surface area is 104 Å². The third-order valence-corrected chi connectivity index (χ3v) is 3.54. The zero-order chi connectivity index (χ0) is 13.0. The van der Waals surface area contributed by atoms with Crippen molar-refractivity contribution < 1.29 is 8.42 Å². The topological polar surface area (TPSA) is 111 Å². The number of aromatic nitrogens is 3. The van der Waals surface area contributed by atoms with Crippen LogP contribution in [0.4, 0.5) is 5.82 Å². The van der Waals surface area contributed by atoms with Crippen LogP contribution in [-0.2, 0) is 16.6 Å². The Kier molecular flexibility index (Phi) is 3.49. The number of pyridine rings is 1. The average Bonchev–Trinajstić information content (AvgIpc) is 2.38. The van der Waals surface area contributed by atoms with Crippen molar-refractivity contribution in [3.63, 3.8) is 0 Å². The second-order valence-corrected chi connectivity index (χ2v) is 5.21. The lowest BCUT2D eigenvalue weighted by Crippen LogP contribution is -2.23. The van der Waals surface area contributed by atoms with E-state index in [1.165, 1.54) is 24.7 Å². The molecule has 0 aliphatic carbocycles. The van der Waals surface area contributed by atoms with Crippen molar-refractivity contribution in [3.8, 4) is 0 Å². The van der Waals surface area contributed by atoms with Crippen LogP contribution >= 0.6 is 0 Å². The van der Waals surface area contributed by atoms with Gasteiger partial charge in [-0.25, -0.2) is 28.1 Å². The van der Waals surface area contributed by atoms with Crippen molar-refractivity contribution in [2.24, 2.45) is 0 Å². The Morgan fingerprint density at radius 3 is 2.67 bits per heavy atom. The van der Waals surface area contributed by atoms with E-state index >= 15 is 0 Å². The number of hydrogen-bond acceptors (Lipinski definition) is 6. The summed E-state index contributed by atoms with van der Waals surface area (Å²) in [5, 5.41) is 0. The molecule has 0 spiro atoms. The van der Waals surface area contributed by atoms with Crippen LogP contribution in [0.2, 0.25) is 0 Å². The first-order valence-corrected chi connectivity index (χ1v) is 6.52. The molecule has 2 heterocycles. The molecule has 0 aliphatic heterocycles. The van der Waals surface area contributed by atoms with Gasteiger partial charge in [0, 0.05) is 12.4 Å². The molecular formula is C10H11N5O2S. The standard InChI is InChI=1S/C10H11N5O2S/c11-10-2-1-9(6-13-10)18(16,17)15-5-8-3-4-12-7-14-8/h1-4,6-7,15H,5H2,(H2,11,13). The normalized spacial score (nSPS) is 11.3. The van der Waals surface area contributed by atoms with Crippen molar-refractivity contribution >= 4 is 15.8 Å². The molecule has 94 valence electrons. The minimum Gasteiger partial charge on any atom is -0.384 e. The zero-order valence-electron chi connectivity index (χ0n) is 9.31. The zero-order valence-corrected chi connectivity index (χ0v) is 10.1. The first kappa shape index (κ1) is 12.4. The highest BCUT2D eigenvalue weighted by Crippen LogP contribution is 2.08. The summed E-state index contributed by atoms with van der Waals surface area (Å²) in [6.45, 7) is 0.0925. The van der Waals surface area contributed by atoms with Gasteiger partial charge in [0.05, 0.1) is 12.2 Å². The van der Waals surface area contributed by atoms with E-state index in [2.05, 4.69) is 19.7 Å². The van der Waals surface area contributed by atoms with Crippen LogP contribution in [0.3, 0.4) is 0 Å². The second-order valence-electron chi connectivity index (χ2n) is 3.44. The molecule has 0 atom stereocenters. The predicted molar refractivity (Wildman–Crippen MR) is 64.7 cm³/mol. The summed E-state index contributed by atoms with van der Waals surface area (Å²) in [4.78, 5) is 11.5. The lowest BCUT2D eigenvalue weighted by molar-refractivity contribution is 0.580. The van der Waals surface area contributed by atoms with Crippen LogP contribution in [0, 0.1) is 0 Å². The van der Waals surface area contributed by atoms with Gasteiger partial charge in [0.2, 0.25) is 10.0 Å². The minimum absolute atomic E-state index is 0.0609. The van der Waals surface area contributed by atoms with Gasteiger partial charge in [0.1, 0.15) is 17.0 Å². The summed E-state index contributed by atoms with van der Waals surface area (Å²) in [5.74, 6) is 0.268. The third kappa shape index (κ3) is 2.99. The van der Waals surface area contributed by atoms with E-state index in [0.29, 0.717) is 5.69 Å². The molecule has 0 saturated carbocycles. The Morgan fingerprint density at radius 2 is 2.06 bits per heavy atom. The van der Waals surface area contributed by atoms with Crippen LogP contribution in [-0.4, -0.2) is 23.4 Å². The van der Waals surface area contributed by atoms with Crippen LogP contribution < -0.4 is 10.5 Å². The molecule has 0 bridgehead atoms. The largest absolute Gasteiger partial charge is 0.384 e. The van der Waals surface area contributed by atoms with E-state index < -0.39 is 10.0 Å². The molecule has 0 amide bonds. The molecule has 18 heavy (non-hydrogen) atoms. The Bertz CT molecular complexity index is 612. The molecule has 2 aromatic rings. The van der Waals surface area contributed by atoms with Gasteiger partial charge in [0.15, 0.2) is 0 Å². The number of rotatable bonds is 4. The fraction of sp³-hybridized carbons (Fsp3) is 0.100. The van der Waals surface area contributed by atoms with Gasteiger partial charge in [-0.3, -0.25) is 0 Å². The van der Waals surface area contributed by atoms with E-state index in [1.807, 2.05) is 0 Å². The summed E-state index contributed by atoms with van der Waals surface area (Å²) in [5.41, 5.74) is 5.97. The molecule has 0 radical (unpaired) electrons.